The van der Waals surface area contributed by atoms with Crippen LogP contribution in [-0.4, -0.2) is 24.1 Å². The predicted molar refractivity (Wildman–Crippen MR) is 70.5 cm³/mol. The minimum atomic E-state index is -0.813. The van der Waals surface area contributed by atoms with Crippen molar-refractivity contribution in [3.05, 3.63) is 34.9 Å². The molecular weight excluding hydrogens is 254 g/mol. The summed E-state index contributed by atoms with van der Waals surface area (Å²) in [6.45, 7) is 3.52. The van der Waals surface area contributed by atoms with Crippen LogP contribution in [0.1, 0.15) is 19.4 Å². The van der Waals surface area contributed by atoms with E-state index in [-0.39, 0.29) is 6.04 Å². The molecule has 0 bridgehead atoms. The zero-order valence-corrected chi connectivity index (χ0v) is 10.9. The number of hydrogen-bond acceptors (Lipinski definition) is 3. The average molecular weight is 268 g/mol. The van der Waals surface area contributed by atoms with Crippen LogP contribution in [0.15, 0.2) is 29.4 Å². The third kappa shape index (κ3) is 4.55. The van der Waals surface area contributed by atoms with Gasteiger partial charge in [0.1, 0.15) is 0 Å². The Kier molecular flexibility index (Phi) is 5.32. The molecular formula is C12H14ClN3O2. The fourth-order valence-electron chi connectivity index (χ4n) is 1.12. The molecule has 18 heavy (non-hydrogen) atoms. The van der Waals surface area contributed by atoms with Crippen LogP contribution >= 0.6 is 11.6 Å². The Morgan fingerprint density at radius 2 is 1.94 bits per heavy atom. The van der Waals surface area contributed by atoms with Crippen molar-refractivity contribution < 1.29 is 9.59 Å². The monoisotopic (exact) mass is 267 g/mol. The van der Waals surface area contributed by atoms with E-state index < -0.39 is 11.8 Å². The lowest BCUT2D eigenvalue weighted by molar-refractivity contribution is -0.139. The van der Waals surface area contributed by atoms with Crippen LogP contribution in [-0.2, 0) is 9.59 Å². The van der Waals surface area contributed by atoms with Crippen LogP contribution in [0, 0.1) is 0 Å². The van der Waals surface area contributed by atoms with E-state index in [4.69, 9.17) is 11.6 Å². The van der Waals surface area contributed by atoms with E-state index >= 15 is 0 Å². The summed E-state index contributed by atoms with van der Waals surface area (Å²) in [7, 11) is 0. The Morgan fingerprint density at radius 1 is 1.28 bits per heavy atom. The van der Waals surface area contributed by atoms with Gasteiger partial charge in [-0.25, -0.2) is 5.43 Å². The lowest BCUT2D eigenvalue weighted by Crippen LogP contribution is -2.41. The minimum Gasteiger partial charge on any atom is -0.346 e. The van der Waals surface area contributed by atoms with Gasteiger partial charge in [-0.15, -0.1) is 0 Å². The molecule has 2 N–H and O–H groups in total. The third-order valence-electron chi connectivity index (χ3n) is 1.90. The Morgan fingerprint density at radius 3 is 2.56 bits per heavy atom. The molecule has 0 fully saturated rings. The van der Waals surface area contributed by atoms with Gasteiger partial charge < -0.3 is 5.32 Å². The molecule has 0 aromatic heterocycles. The summed E-state index contributed by atoms with van der Waals surface area (Å²) in [5, 5.41) is 6.63. The summed E-state index contributed by atoms with van der Waals surface area (Å²) in [6.07, 6.45) is 1.38. The van der Waals surface area contributed by atoms with Crippen molar-refractivity contribution in [3.8, 4) is 0 Å². The number of nitrogens with one attached hydrogen (secondary N) is 2. The van der Waals surface area contributed by atoms with Gasteiger partial charge >= 0.3 is 11.8 Å². The van der Waals surface area contributed by atoms with E-state index in [0.717, 1.165) is 0 Å². The Labute approximate surface area is 110 Å². The first-order valence-corrected chi connectivity index (χ1v) is 5.77. The van der Waals surface area contributed by atoms with Gasteiger partial charge in [0.05, 0.1) is 6.21 Å². The number of carbonyl (C=O) groups excluding carboxylic acids is 2. The molecule has 0 aliphatic heterocycles. The number of rotatable bonds is 3. The molecule has 0 aliphatic rings. The summed E-state index contributed by atoms with van der Waals surface area (Å²) in [4.78, 5) is 22.5. The van der Waals surface area contributed by atoms with Gasteiger partial charge in [0, 0.05) is 16.6 Å². The van der Waals surface area contributed by atoms with Crippen LogP contribution in [0.5, 0.6) is 0 Å². The highest BCUT2D eigenvalue weighted by atomic mass is 35.5. The topological polar surface area (TPSA) is 70.6 Å². The smallest absolute Gasteiger partial charge is 0.329 e. The van der Waals surface area contributed by atoms with Crippen molar-refractivity contribution in [2.45, 2.75) is 19.9 Å². The SMILES string of the molecule is CC(C)NC(=O)C(=O)N/N=C/c1ccccc1Cl. The van der Waals surface area contributed by atoms with Crippen molar-refractivity contribution in [1.82, 2.24) is 10.7 Å². The van der Waals surface area contributed by atoms with Gasteiger partial charge in [0.2, 0.25) is 0 Å². The van der Waals surface area contributed by atoms with Gasteiger partial charge in [-0.05, 0) is 19.9 Å². The van der Waals surface area contributed by atoms with Crippen LogP contribution in [0.2, 0.25) is 5.02 Å². The van der Waals surface area contributed by atoms with E-state index in [2.05, 4.69) is 15.8 Å². The van der Waals surface area contributed by atoms with Crippen molar-refractivity contribution in [3.63, 3.8) is 0 Å². The zero-order valence-electron chi connectivity index (χ0n) is 10.1. The number of benzene rings is 1. The van der Waals surface area contributed by atoms with Crippen LogP contribution in [0.4, 0.5) is 0 Å². The molecule has 1 rings (SSSR count). The molecule has 96 valence electrons. The number of halogens is 1. The molecule has 0 unspecified atom stereocenters. The fourth-order valence-corrected chi connectivity index (χ4v) is 1.30. The number of nitrogens with zero attached hydrogens (tertiary/aromatic N) is 1. The van der Waals surface area contributed by atoms with E-state index in [1.165, 1.54) is 6.21 Å². The molecule has 2 amide bonds. The maximum atomic E-state index is 11.3. The van der Waals surface area contributed by atoms with Crippen molar-refractivity contribution >= 4 is 29.6 Å². The van der Waals surface area contributed by atoms with Gasteiger partial charge in [-0.2, -0.15) is 5.10 Å². The van der Waals surface area contributed by atoms with Crippen LogP contribution < -0.4 is 10.7 Å². The zero-order chi connectivity index (χ0) is 13.5. The minimum absolute atomic E-state index is 0.101. The second-order valence-corrected chi connectivity index (χ2v) is 4.26. The predicted octanol–water partition coefficient (Wildman–Crippen LogP) is 1.31. The summed E-state index contributed by atoms with van der Waals surface area (Å²) >= 11 is 5.89. The second kappa shape index (κ2) is 6.76. The first-order chi connectivity index (χ1) is 8.50. The molecule has 0 saturated carbocycles. The number of hydrazone groups is 1. The Hall–Kier alpha value is -1.88. The highest BCUT2D eigenvalue weighted by molar-refractivity contribution is 6.35. The lowest BCUT2D eigenvalue weighted by atomic mass is 10.2. The molecule has 0 aliphatic carbocycles. The normalized spacial score (nSPS) is 10.7. The molecule has 6 heteroatoms. The summed E-state index contributed by atoms with van der Waals surface area (Å²) in [6, 6.07) is 6.92. The van der Waals surface area contributed by atoms with E-state index in [0.29, 0.717) is 10.6 Å². The van der Waals surface area contributed by atoms with Gasteiger partial charge in [-0.3, -0.25) is 9.59 Å². The average Bonchev–Trinajstić information content (AvgIpc) is 2.30. The number of carbonyl (C=O) groups is 2. The van der Waals surface area contributed by atoms with Crippen molar-refractivity contribution in [2.75, 3.05) is 0 Å². The molecule has 0 atom stereocenters. The molecule has 1 aromatic rings. The standard InChI is InChI=1S/C12H14ClN3O2/c1-8(2)15-11(17)12(18)16-14-7-9-5-3-4-6-10(9)13/h3-8H,1-2H3,(H,15,17)(H,16,18)/b14-7+. The maximum Gasteiger partial charge on any atom is 0.329 e. The number of amides is 2. The van der Waals surface area contributed by atoms with Gasteiger partial charge in [0.15, 0.2) is 0 Å². The fraction of sp³-hybridized carbons (Fsp3) is 0.250. The molecule has 5 nitrogen and oxygen atoms in total. The number of hydrogen-bond donors (Lipinski definition) is 2. The summed E-state index contributed by atoms with van der Waals surface area (Å²) < 4.78 is 0. The lowest BCUT2D eigenvalue weighted by Gasteiger charge is -2.06. The van der Waals surface area contributed by atoms with Gasteiger partial charge in [0.25, 0.3) is 0 Å². The highest BCUT2D eigenvalue weighted by Crippen LogP contribution is 2.11. The van der Waals surface area contributed by atoms with Gasteiger partial charge in [-0.1, -0.05) is 29.8 Å². The second-order valence-electron chi connectivity index (χ2n) is 3.85. The molecule has 0 spiro atoms. The van der Waals surface area contributed by atoms with E-state index in [1.807, 2.05) is 0 Å². The molecule has 0 saturated heterocycles. The first kappa shape index (κ1) is 14.2. The van der Waals surface area contributed by atoms with Crippen LogP contribution in [0.25, 0.3) is 0 Å². The van der Waals surface area contributed by atoms with Crippen LogP contribution in [0.3, 0.4) is 0 Å². The summed E-state index contributed by atoms with van der Waals surface area (Å²) in [5.74, 6) is -1.53. The highest BCUT2D eigenvalue weighted by Gasteiger charge is 2.12. The Balaban J connectivity index is 2.53. The van der Waals surface area contributed by atoms with E-state index in [1.54, 1.807) is 38.1 Å². The van der Waals surface area contributed by atoms with E-state index in [9.17, 15) is 9.59 Å². The van der Waals surface area contributed by atoms with Crippen molar-refractivity contribution in [1.29, 1.82) is 0 Å². The maximum absolute atomic E-state index is 11.3. The Bertz CT molecular complexity index is 472. The van der Waals surface area contributed by atoms with Crippen molar-refractivity contribution in [2.24, 2.45) is 5.10 Å². The third-order valence-corrected chi connectivity index (χ3v) is 2.25. The quantitative estimate of drug-likeness (QED) is 0.493. The largest absolute Gasteiger partial charge is 0.346 e. The molecule has 0 heterocycles. The summed E-state index contributed by atoms with van der Waals surface area (Å²) in [5.41, 5.74) is 2.78. The first-order valence-electron chi connectivity index (χ1n) is 5.39. The molecule has 1 aromatic carbocycles. The molecule has 0 radical (unpaired) electrons.